The van der Waals surface area contributed by atoms with Crippen molar-refractivity contribution in [3.8, 4) is 0 Å². The Morgan fingerprint density at radius 1 is 1.43 bits per heavy atom. The maximum absolute atomic E-state index is 12.6. The molecule has 1 atom stereocenters. The Bertz CT molecular complexity index is 616. The van der Waals surface area contributed by atoms with Crippen LogP contribution in [-0.4, -0.2) is 44.6 Å². The van der Waals surface area contributed by atoms with E-state index in [1.165, 1.54) is 0 Å². The van der Waals surface area contributed by atoms with Crippen molar-refractivity contribution >= 4 is 21.6 Å². The molecule has 1 aromatic carbocycles. The molecule has 7 heteroatoms. The first-order valence-electron chi connectivity index (χ1n) is 6.98. The average molecular weight is 311 g/mol. The van der Waals surface area contributed by atoms with Crippen LogP contribution >= 0.6 is 0 Å². The minimum Gasteiger partial charge on any atom is -0.399 e. The second-order valence-corrected chi connectivity index (χ2v) is 7.23. The smallest absolute Gasteiger partial charge is 0.254 e. The van der Waals surface area contributed by atoms with Crippen LogP contribution in [0.4, 0.5) is 5.69 Å². The standard InChI is InChI=1S/C14H21N3O3S/c1-21(19,20)16-10-13-7-2-3-8-17(13)14(18)11-5-4-6-12(15)9-11/h4-6,9,13,16H,2-3,7-8,10,15H2,1H3. The Balaban J connectivity index is 2.12. The van der Waals surface area contributed by atoms with Crippen LogP contribution in [0.15, 0.2) is 24.3 Å². The predicted octanol–water partition coefficient (Wildman–Crippen LogP) is 0.813. The number of rotatable bonds is 4. The van der Waals surface area contributed by atoms with Gasteiger partial charge in [-0.3, -0.25) is 4.79 Å². The fourth-order valence-electron chi connectivity index (χ4n) is 2.57. The lowest BCUT2D eigenvalue weighted by molar-refractivity contribution is 0.0619. The number of carbonyl (C=O) groups excluding carboxylic acids is 1. The summed E-state index contributed by atoms with van der Waals surface area (Å²) in [5.41, 5.74) is 6.80. The largest absolute Gasteiger partial charge is 0.399 e. The monoisotopic (exact) mass is 311 g/mol. The van der Waals surface area contributed by atoms with Gasteiger partial charge in [0.25, 0.3) is 5.91 Å². The van der Waals surface area contributed by atoms with Crippen LogP contribution in [0.5, 0.6) is 0 Å². The molecule has 21 heavy (non-hydrogen) atoms. The molecule has 6 nitrogen and oxygen atoms in total. The van der Waals surface area contributed by atoms with Gasteiger partial charge in [0.15, 0.2) is 0 Å². The van der Waals surface area contributed by atoms with Crippen LogP contribution in [0.3, 0.4) is 0 Å². The molecular weight excluding hydrogens is 290 g/mol. The van der Waals surface area contributed by atoms with Gasteiger partial charge in [-0.1, -0.05) is 6.07 Å². The summed E-state index contributed by atoms with van der Waals surface area (Å²) in [6.45, 7) is 0.899. The van der Waals surface area contributed by atoms with Gasteiger partial charge in [-0.25, -0.2) is 13.1 Å². The number of sulfonamides is 1. The third-order valence-electron chi connectivity index (χ3n) is 3.60. The molecule has 1 unspecified atom stereocenters. The van der Waals surface area contributed by atoms with Crippen molar-refractivity contribution in [2.75, 3.05) is 25.1 Å². The van der Waals surface area contributed by atoms with Crippen LogP contribution in [0.25, 0.3) is 0 Å². The van der Waals surface area contributed by atoms with Crippen molar-refractivity contribution in [1.29, 1.82) is 0 Å². The van der Waals surface area contributed by atoms with E-state index in [2.05, 4.69) is 4.72 Å². The lowest BCUT2D eigenvalue weighted by Gasteiger charge is -2.35. The minimum atomic E-state index is -3.25. The predicted molar refractivity (Wildman–Crippen MR) is 82.4 cm³/mol. The summed E-state index contributed by atoms with van der Waals surface area (Å²) in [4.78, 5) is 14.3. The van der Waals surface area contributed by atoms with Gasteiger partial charge in [0.2, 0.25) is 10.0 Å². The van der Waals surface area contributed by atoms with Crippen LogP contribution in [0, 0.1) is 0 Å². The van der Waals surface area contributed by atoms with E-state index in [0.29, 0.717) is 17.8 Å². The van der Waals surface area contributed by atoms with Crippen LogP contribution < -0.4 is 10.5 Å². The Kier molecular flexibility index (Phi) is 4.84. The topological polar surface area (TPSA) is 92.5 Å². The van der Waals surface area contributed by atoms with Gasteiger partial charge >= 0.3 is 0 Å². The summed E-state index contributed by atoms with van der Waals surface area (Å²) in [5, 5.41) is 0. The van der Waals surface area contributed by atoms with Gasteiger partial charge < -0.3 is 10.6 Å². The van der Waals surface area contributed by atoms with Gasteiger partial charge in [-0.05, 0) is 37.5 Å². The van der Waals surface area contributed by atoms with Crippen molar-refractivity contribution in [3.63, 3.8) is 0 Å². The summed E-state index contributed by atoms with van der Waals surface area (Å²) in [6, 6.07) is 6.75. The summed E-state index contributed by atoms with van der Waals surface area (Å²) in [7, 11) is -3.25. The molecule has 0 aromatic heterocycles. The molecule has 0 aliphatic carbocycles. The number of anilines is 1. The Morgan fingerprint density at radius 2 is 2.19 bits per heavy atom. The van der Waals surface area contributed by atoms with E-state index in [1.54, 1.807) is 29.2 Å². The SMILES string of the molecule is CS(=O)(=O)NCC1CCCCN1C(=O)c1cccc(N)c1. The maximum atomic E-state index is 12.6. The normalized spacial score (nSPS) is 19.5. The second-order valence-electron chi connectivity index (χ2n) is 5.39. The van der Waals surface area contributed by atoms with Crippen molar-refractivity contribution in [2.24, 2.45) is 0 Å². The van der Waals surface area contributed by atoms with Gasteiger partial charge in [0.05, 0.1) is 6.26 Å². The molecule has 1 fully saturated rings. The molecule has 0 bridgehead atoms. The fraction of sp³-hybridized carbons (Fsp3) is 0.500. The Hall–Kier alpha value is -1.60. The molecular formula is C14H21N3O3S. The summed E-state index contributed by atoms with van der Waals surface area (Å²) >= 11 is 0. The number of nitrogens with one attached hydrogen (secondary N) is 1. The molecule has 2 rings (SSSR count). The third kappa shape index (κ3) is 4.44. The fourth-order valence-corrected chi connectivity index (χ4v) is 3.06. The molecule has 116 valence electrons. The highest BCUT2D eigenvalue weighted by Crippen LogP contribution is 2.20. The molecule has 3 N–H and O–H groups in total. The van der Waals surface area contributed by atoms with Crippen molar-refractivity contribution in [3.05, 3.63) is 29.8 Å². The third-order valence-corrected chi connectivity index (χ3v) is 4.29. The minimum absolute atomic E-state index is 0.0951. The maximum Gasteiger partial charge on any atom is 0.254 e. The number of amides is 1. The highest BCUT2D eigenvalue weighted by Gasteiger charge is 2.28. The number of benzene rings is 1. The lowest BCUT2D eigenvalue weighted by atomic mass is 10.0. The number of nitrogens with two attached hydrogens (primary N) is 1. The zero-order chi connectivity index (χ0) is 15.5. The molecule has 1 aromatic rings. The van der Waals surface area contributed by atoms with Crippen molar-refractivity contribution in [2.45, 2.75) is 25.3 Å². The molecule has 1 saturated heterocycles. The van der Waals surface area contributed by atoms with E-state index in [1.807, 2.05) is 0 Å². The highest BCUT2D eigenvalue weighted by molar-refractivity contribution is 7.88. The molecule has 1 amide bonds. The van der Waals surface area contributed by atoms with Crippen molar-refractivity contribution in [1.82, 2.24) is 9.62 Å². The molecule has 0 saturated carbocycles. The molecule has 1 aliphatic heterocycles. The van der Waals surface area contributed by atoms with Gasteiger partial charge in [-0.15, -0.1) is 0 Å². The van der Waals surface area contributed by atoms with E-state index < -0.39 is 10.0 Å². The molecule has 1 aliphatic rings. The van der Waals surface area contributed by atoms with E-state index >= 15 is 0 Å². The zero-order valence-electron chi connectivity index (χ0n) is 12.1. The molecule has 0 spiro atoms. The number of nitrogens with zero attached hydrogens (tertiary/aromatic N) is 1. The number of likely N-dealkylation sites (tertiary alicyclic amines) is 1. The number of nitrogen functional groups attached to an aromatic ring is 1. The lowest BCUT2D eigenvalue weighted by Crippen LogP contribution is -2.49. The van der Waals surface area contributed by atoms with Crippen LogP contribution in [-0.2, 0) is 10.0 Å². The summed E-state index contributed by atoms with van der Waals surface area (Å²) < 4.78 is 25.0. The second kappa shape index (κ2) is 6.44. The summed E-state index contributed by atoms with van der Waals surface area (Å²) in [6.07, 6.45) is 3.86. The van der Waals surface area contributed by atoms with E-state index in [9.17, 15) is 13.2 Å². The number of carbonyl (C=O) groups is 1. The van der Waals surface area contributed by atoms with E-state index in [-0.39, 0.29) is 18.5 Å². The van der Waals surface area contributed by atoms with Gasteiger partial charge in [-0.2, -0.15) is 0 Å². The molecule has 1 heterocycles. The Labute approximate surface area is 125 Å². The quantitative estimate of drug-likeness (QED) is 0.805. The molecule has 0 radical (unpaired) electrons. The number of hydrogen-bond acceptors (Lipinski definition) is 4. The van der Waals surface area contributed by atoms with E-state index in [4.69, 9.17) is 5.73 Å². The zero-order valence-corrected chi connectivity index (χ0v) is 12.9. The first-order valence-corrected chi connectivity index (χ1v) is 8.87. The van der Waals surface area contributed by atoms with Crippen molar-refractivity contribution < 1.29 is 13.2 Å². The van der Waals surface area contributed by atoms with E-state index in [0.717, 1.165) is 25.5 Å². The average Bonchev–Trinajstić information content (AvgIpc) is 2.44. The van der Waals surface area contributed by atoms with Crippen LogP contribution in [0.1, 0.15) is 29.6 Å². The van der Waals surface area contributed by atoms with Gasteiger partial charge in [0, 0.05) is 30.4 Å². The highest BCUT2D eigenvalue weighted by atomic mass is 32.2. The van der Waals surface area contributed by atoms with Crippen LogP contribution in [0.2, 0.25) is 0 Å². The Morgan fingerprint density at radius 3 is 2.86 bits per heavy atom. The first kappa shape index (κ1) is 15.8. The number of hydrogen-bond donors (Lipinski definition) is 2. The number of piperidine rings is 1. The first-order chi connectivity index (χ1) is 9.87. The summed E-state index contributed by atoms with van der Waals surface area (Å²) in [5.74, 6) is -0.0951. The van der Waals surface area contributed by atoms with Gasteiger partial charge in [0.1, 0.15) is 0 Å².